The maximum Gasteiger partial charge on any atom is 0.241 e. The molecule has 8 nitrogen and oxygen atoms in total. The van der Waals surface area contributed by atoms with Crippen LogP contribution in [0.5, 0.6) is 0 Å². The summed E-state index contributed by atoms with van der Waals surface area (Å²) in [5, 5.41) is 6.06. The molecule has 0 spiro atoms. The Labute approximate surface area is 157 Å². The topological polar surface area (TPSA) is 99.3 Å². The Balaban J connectivity index is 1.40. The van der Waals surface area contributed by atoms with Crippen molar-refractivity contribution in [2.75, 3.05) is 38.2 Å². The van der Waals surface area contributed by atoms with Gasteiger partial charge in [-0.25, -0.2) is 4.98 Å². The number of fused-ring (bicyclic) bond motifs is 1. The van der Waals surface area contributed by atoms with Crippen molar-refractivity contribution in [3.05, 3.63) is 24.0 Å². The monoisotopic (exact) mass is 371 g/mol. The van der Waals surface area contributed by atoms with Crippen molar-refractivity contribution in [1.82, 2.24) is 20.2 Å². The van der Waals surface area contributed by atoms with Gasteiger partial charge in [0, 0.05) is 31.2 Å². The van der Waals surface area contributed by atoms with Crippen LogP contribution < -0.4 is 10.6 Å². The number of rotatable bonds is 5. The van der Waals surface area contributed by atoms with E-state index in [1.807, 2.05) is 18.2 Å². The number of benzene rings is 1. The minimum absolute atomic E-state index is 0.0708. The van der Waals surface area contributed by atoms with Gasteiger partial charge in [0.15, 0.2) is 0 Å². The number of nitrogens with zero attached hydrogens (tertiary/aromatic N) is 2. The summed E-state index contributed by atoms with van der Waals surface area (Å²) in [6.45, 7) is 6.25. The van der Waals surface area contributed by atoms with Gasteiger partial charge in [-0.3, -0.25) is 14.5 Å². The van der Waals surface area contributed by atoms with E-state index in [4.69, 9.17) is 4.74 Å². The fourth-order valence-corrected chi connectivity index (χ4v) is 3.66. The highest BCUT2D eigenvalue weighted by molar-refractivity contribution is 5.97. The highest BCUT2D eigenvalue weighted by Gasteiger charge is 2.31. The van der Waals surface area contributed by atoms with E-state index in [1.165, 1.54) is 0 Å². The number of aromatic amines is 1. The smallest absolute Gasteiger partial charge is 0.241 e. The average Bonchev–Trinajstić information content (AvgIpc) is 3.29. The lowest BCUT2D eigenvalue weighted by Gasteiger charge is -2.25. The average molecular weight is 371 g/mol. The van der Waals surface area contributed by atoms with E-state index >= 15 is 0 Å². The molecule has 0 saturated carbocycles. The van der Waals surface area contributed by atoms with E-state index < -0.39 is 0 Å². The molecular formula is C19H25N5O3. The summed E-state index contributed by atoms with van der Waals surface area (Å²) >= 11 is 0. The quantitative estimate of drug-likeness (QED) is 0.722. The third-order valence-corrected chi connectivity index (χ3v) is 5.30. The number of H-pyrrole nitrogens is 1. The SMILES string of the molecule is CC(=O)C1CNC(C(=O)Nc2ccc3nc(CN4CCOCC4)[nH]c3c2)C1. The van der Waals surface area contributed by atoms with Crippen LogP contribution in [0.1, 0.15) is 19.2 Å². The van der Waals surface area contributed by atoms with Gasteiger partial charge in [-0.1, -0.05) is 0 Å². The van der Waals surface area contributed by atoms with Gasteiger partial charge in [0.05, 0.1) is 36.8 Å². The Morgan fingerprint density at radius 2 is 2.15 bits per heavy atom. The number of nitrogens with one attached hydrogen (secondary N) is 3. The summed E-state index contributed by atoms with van der Waals surface area (Å²) in [6, 6.07) is 5.34. The molecule has 0 radical (unpaired) electrons. The molecule has 3 heterocycles. The van der Waals surface area contributed by atoms with Crippen molar-refractivity contribution in [3.8, 4) is 0 Å². The van der Waals surface area contributed by atoms with Gasteiger partial charge in [0.25, 0.3) is 0 Å². The molecule has 2 unspecified atom stereocenters. The Bertz CT molecular complexity index is 843. The second-order valence-corrected chi connectivity index (χ2v) is 7.30. The van der Waals surface area contributed by atoms with Crippen LogP contribution in [0.2, 0.25) is 0 Å². The van der Waals surface area contributed by atoms with Gasteiger partial charge in [0.2, 0.25) is 5.91 Å². The van der Waals surface area contributed by atoms with E-state index in [2.05, 4.69) is 25.5 Å². The van der Waals surface area contributed by atoms with Crippen LogP contribution >= 0.6 is 0 Å². The van der Waals surface area contributed by atoms with Gasteiger partial charge in [0.1, 0.15) is 11.6 Å². The number of carbonyl (C=O) groups excluding carboxylic acids is 2. The van der Waals surface area contributed by atoms with Crippen molar-refractivity contribution >= 4 is 28.4 Å². The molecule has 2 aromatic rings. The lowest BCUT2D eigenvalue weighted by molar-refractivity contribution is -0.120. The molecule has 2 saturated heterocycles. The second kappa shape index (κ2) is 7.75. The number of morpholine rings is 1. The van der Waals surface area contributed by atoms with Gasteiger partial charge in [-0.05, 0) is 31.5 Å². The van der Waals surface area contributed by atoms with Crippen molar-refractivity contribution in [1.29, 1.82) is 0 Å². The zero-order valence-corrected chi connectivity index (χ0v) is 15.5. The summed E-state index contributed by atoms with van der Waals surface area (Å²) in [5.41, 5.74) is 2.51. The predicted molar refractivity (Wildman–Crippen MR) is 101 cm³/mol. The zero-order chi connectivity index (χ0) is 18.8. The second-order valence-electron chi connectivity index (χ2n) is 7.30. The number of anilines is 1. The molecule has 4 rings (SSSR count). The van der Waals surface area contributed by atoms with Crippen molar-refractivity contribution in [3.63, 3.8) is 0 Å². The number of carbonyl (C=O) groups is 2. The molecule has 3 N–H and O–H groups in total. The molecule has 2 aliphatic rings. The standard InChI is InChI=1S/C19H25N5O3/c1-12(25)13-8-17(20-10-13)19(26)21-14-2-3-15-16(9-14)23-18(22-15)11-24-4-6-27-7-5-24/h2-3,9,13,17,20H,4-8,10-11H2,1H3,(H,21,26)(H,22,23). The number of amides is 1. The van der Waals surface area contributed by atoms with E-state index in [1.54, 1.807) is 6.92 Å². The fraction of sp³-hybridized carbons (Fsp3) is 0.526. The third-order valence-electron chi connectivity index (χ3n) is 5.30. The molecular weight excluding hydrogens is 346 g/mol. The maximum absolute atomic E-state index is 12.5. The Morgan fingerprint density at radius 1 is 1.33 bits per heavy atom. The van der Waals surface area contributed by atoms with Crippen LogP contribution in [-0.4, -0.2) is 65.4 Å². The largest absolute Gasteiger partial charge is 0.379 e. The Hall–Kier alpha value is -2.29. The number of hydrogen-bond donors (Lipinski definition) is 3. The first-order valence-electron chi connectivity index (χ1n) is 9.42. The summed E-state index contributed by atoms with van der Waals surface area (Å²) in [4.78, 5) is 34.2. The molecule has 2 atom stereocenters. The molecule has 1 aromatic carbocycles. The van der Waals surface area contributed by atoms with E-state index in [0.29, 0.717) is 13.0 Å². The van der Waals surface area contributed by atoms with Gasteiger partial charge < -0.3 is 20.4 Å². The summed E-state index contributed by atoms with van der Waals surface area (Å²) < 4.78 is 5.37. The molecule has 27 heavy (non-hydrogen) atoms. The van der Waals surface area contributed by atoms with Crippen molar-refractivity contribution < 1.29 is 14.3 Å². The molecule has 0 aliphatic carbocycles. The van der Waals surface area contributed by atoms with Gasteiger partial charge in [-0.15, -0.1) is 0 Å². The number of hydrogen-bond acceptors (Lipinski definition) is 6. The van der Waals surface area contributed by atoms with Crippen molar-refractivity contribution in [2.45, 2.75) is 25.9 Å². The first-order valence-corrected chi connectivity index (χ1v) is 9.42. The van der Waals surface area contributed by atoms with Crippen LogP contribution in [0.15, 0.2) is 18.2 Å². The van der Waals surface area contributed by atoms with Crippen molar-refractivity contribution in [2.24, 2.45) is 5.92 Å². The Morgan fingerprint density at radius 3 is 2.89 bits per heavy atom. The Kier molecular flexibility index (Phi) is 5.20. The maximum atomic E-state index is 12.5. The zero-order valence-electron chi connectivity index (χ0n) is 15.5. The summed E-state index contributed by atoms with van der Waals surface area (Å²) in [6.07, 6.45) is 0.553. The number of Topliss-reactive ketones (excluding diaryl/α,β-unsaturated/α-hetero) is 1. The molecule has 2 aliphatic heterocycles. The first kappa shape index (κ1) is 18.1. The van der Waals surface area contributed by atoms with E-state index in [0.717, 1.165) is 55.4 Å². The third kappa shape index (κ3) is 4.18. The number of aromatic nitrogens is 2. The number of imidazole rings is 1. The fourth-order valence-electron chi connectivity index (χ4n) is 3.66. The number of ketones is 1. The van der Waals surface area contributed by atoms with Crippen LogP contribution in [-0.2, 0) is 20.9 Å². The normalized spacial score (nSPS) is 23.6. The predicted octanol–water partition coefficient (Wildman–Crippen LogP) is 0.901. The molecule has 144 valence electrons. The van der Waals surface area contributed by atoms with Gasteiger partial charge in [-0.2, -0.15) is 0 Å². The molecule has 2 fully saturated rings. The molecule has 8 heteroatoms. The first-order chi connectivity index (χ1) is 13.1. The van der Waals surface area contributed by atoms with Crippen LogP contribution in [0.4, 0.5) is 5.69 Å². The minimum Gasteiger partial charge on any atom is -0.379 e. The summed E-state index contributed by atoms with van der Waals surface area (Å²) in [7, 11) is 0. The van der Waals surface area contributed by atoms with E-state index in [9.17, 15) is 9.59 Å². The lowest BCUT2D eigenvalue weighted by Crippen LogP contribution is -2.35. The molecule has 1 amide bonds. The van der Waals surface area contributed by atoms with E-state index in [-0.39, 0.29) is 23.7 Å². The van der Waals surface area contributed by atoms with Crippen LogP contribution in [0, 0.1) is 5.92 Å². The highest BCUT2D eigenvalue weighted by atomic mass is 16.5. The summed E-state index contributed by atoms with van der Waals surface area (Å²) in [5.74, 6) is 0.867. The van der Waals surface area contributed by atoms with Crippen LogP contribution in [0.3, 0.4) is 0 Å². The lowest BCUT2D eigenvalue weighted by atomic mass is 10.0. The minimum atomic E-state index is -0.326. The van der Waals surface area contributed by atoms with Gasteiger partial charge >= 0.3 is 0 Å². The van der Waals surface area contributed by atoms with Crippen LogP contribution in [0.25, 0.3) is 11.0 Å². The number of ether oxygens (including phenoxy) is 1. The molecule has 0 bridgehead atoms. The highest BCUT2D eigenvalue weighted by Crippen LogP contribution is 2.20. The molecule has 1 aromatic heterocycles.